The third-order valence-corrected chi connectivity index (χ3v) is 5.88. The fraction of sp³-hybridized carbons (Fsp3) is 0.524. The lowest BCUT2D eigenvalue weighted by Crippen LogP contribution is -2.53. The molecule has 4 atom stereocenters. The molecule has 6 nitrogen and oxygen atoms in total. The highest BCUT2D eigenvalue weighted by Gasteiger charge is 2.47. The molecule has 2 fully saturated rings. The predicted molar refractivity (Wildman–Crippen MR) is 104 cm³/mol. The summed E-state index contributed by atoms with van der Waals surface area (Å²) in [5.41, 5.74) is 4.58. The zero-order chi connectivity index (χ0) is 18.8. The van der Waals surface area contributed by atoms with Gasteiger partial charge in [-0.25, -0.2) is 5.43 Å². The van der Waals surface area contributed by atoms with E-state index in [2.05, 4.69) is 28.6 Å². The van der Waals surface area contributed by atoms with Crippen LogP contribution in [0.5, 0.6) is 11.5 Å². The summed E-state index contributed by atoms with van der Waals surface area (Å²) in [5, 5.41) is 23.2. The number of fused-ring (bicyclic) bond motifs is 1. The first kappa shape index (κ1) is 18.5. The second kappa shape index (κ2) is 8.02. The third-order valence-electron chi connectivity index (χ3n) is 5.88. The van der Waals surface area contributed by atoms with Crippen molar-refractivity contribution in [2.75, 3.05) is 13.7 Å². The minimum atomic E-state index is -0.526. The van der Waals surface area contributed by atoms with E-state index in [4.69, 9.17) is 4.74 Å². The number of methoxy groups -OCH3 is 1. The number of rotatable bonds is 5. The molecule has 2 heterocycles. The second-order valence-electron chi connectivity index (χ2n) is 7.60. The average molecular weight is 371 g/mol. The number of ether oxygens (including phenoxy) is 1. The number of aromatic hydroxyl groups is 1. The molecule has 1 aliphatic carbocycles. The summed E-state index contributed by atoms with van der Waals surface area (Å²) in [7, 11) is 1.55. The van der Waals surface area contributed by atoms with E-state index in [0.29, 0.717) is 5.75 Å². The summed E-state index contributed by atoms with van der Waals surface area (Å²) < 4.78 is 5.16. The fourth-order valence-electron chi connectivity index (χ4n) is 4.51. The lowest BCUT2D eigenvalue weighted by atomic mass is 10.0. The van der Waals surface area contributed by atoms with Crippen LogP contribution in [0.4, 0.5) is 0 Å². The normalized spacial score (nSPS) is 31.2. The smallest absolute Gasteiger partial charge is 0.160 e. The molecule has 4 rings (SSSR count). The molecular weight excluding hydrogens is 342 g/mol. The number of allylic oxidation sites excluding steroid dienone is 2. The van der Waals surface area contributed by atoms with Crippen LogP contribution >= 0.6 is 0 Å². The average Bonchev–Trinajstić information content (AvgIpc) is 2.95. The molecule has 27 heavy (non-hydrogen) atoms. The van der Waals surface area contributed by atoms with Gasteiger partial charge in [0.05, 0.1) is 19.3 Å². The highest BCUT2D eigenvalue weighted by atomic mass is 16.5. The Morgan fingerprint density at radius 2 is 2.15 bits per heavy atom. The van der Waals surface area contributed by atoms with Gasteiger partial charge in [0, 0.05) is 19.0 Å². The van der Waals surface area contributed by atoms with E-state index < -0.39 is 6.23 Å². The van der Waals surface area contributed by atoms with Crippen LogP contribution in [0, 0.1) is 0 Å². The van der Waals surface area contributed by atoms with Gasteiger partial charge in [0.15, 0.2) is 11.5 Å². The minimum absolute atomic E-state index is 0.0531. The van der Waals surface area contributed by atoms with Crippen LogP contribution in [0.2, 0.25) is 0 Å². The van der Waals surface area contributed by atoms with Crippen LogP contribution in [-0.4, -0.2) is 58.3 Å². The summed E-state index contributed by atoms with van der Waals surface area (Å²) in [6.45, 7) is 0.993. The molecule has 1 aromatic carbocycles. The predicted octanol–water partition coefficient (Wildman–Crippen LogP) is 2.15. The molecule has 0 aromatic heterocycles. The molecule has 6 heteroatoms. The summed E-state index contributed by atoms with van der Waals surface area (Å²) in [6, 6.07) is 5.91. The monoisotopic (exact) mass is 371 g/mol. The number of nitrogens with one attached hydrogen (secondary N) is 1. The quantitative estimate of drug-likeness (QED) is 0.737. The van der Waals surface area contributed by atoms with Gasteiger partial charge in [0.1, 0.15) is 6.23 Å². The number of hydrogen-bond acceptors (Lipinski definition) is 6. The topological polar surface area (TPSA) is 68.2 Å². The van der Waals surface area contributed by atoms with Crippen molar-refractivity contribution in [1.82, 2.24) is 15.3 Å². The van der Waals surface area contributed by atoms with Gasteiger partial charge in [-0.15, -0.1) is 0 Å². The van der Waals surface area contributed by atoms with Gasteiger partial charge in [-0.1, -0.05) is 36.8 Å². The van der Waals surface area contributed by atoms with Crippen LogP contribution in [-0.2, 0) is 6.42 Å². The van der Waals surface area contributed by atoms with E-state index in [1.54, 1.807) is 19.2 Å². The van der Waals surface area contributed by atoms with Crippen molar-refractivity contribution in [3.63, 3.8) is 0 Å². The number of phenolic OH excluding ortho intramolecular Hbond substituents is 1. The first-order valence-corrected chi connectivity index (χ1v) is 9.85. The first-order chi connectivity index (χ1) is 13.2. The Balaban J connectivity index is 1.56. The SMILES string of the molecule is COc1ccc(CC2N3CCCCC3C(O)N2NC2C=CC=CC2)cc1O. The van der Waals surface area contributed by atoms with E-state index in [0.717, 1.165) is 44.2 Å². The van der Waals surface area contributed by atoms with Crippen LogP contribution in [0.1, 0.15) is 31.2 Å². The highest BCUT2D eigenvalue weighted by molar-refractivity contribution is 5.42. The van der Waals surface area contributed by atoms with E-state index in [1.807, 2.05) is 17.2 Å². The van der Waals surface area contributed by atoms with Gasteiger partial charge < -0.3 is 14.9 Å². The molecule has 1 aromatic rings. The molecule has 3 N–H and O–H groups in total. The van der Waals surface area contributed by atoms with Gasteiger partial charge in [-0.3, -0.25) is 4.90 Å². The summed E-state index contributed by atoms with van der Waals surface area (Å²) in [5.74, 6) is 0.638. The molecule has 3 aliphatic rings. The molecule has 146 valence electrons. The number of aliphatic hydroxyl groups is 1. The number of phenols is 1. The molecular formula is C21H29N3O3. The van der Waals surface area contributed by atoms with Crippen molar-refractivity contribution >= 4 is 0 Å². The van der Waals surface area contributed by atoms with E-state index >= 15 is 0 Å². The Morgan fingerprint density at radius 3 is 2.89 bits per heavy atom. The van der Waals surface area contributed by atoms with Crippen molar-refractivity contribution in [1.29, 1.82) is 0 Å². The molecule has 4 unspecified atom stereocenters. The third kappa shape index (κ3) is 3.75. The molecule has 2 aliphatic heterocycles. The second-order valence-corrected chi connectivity index (χ2v) is 7.60. The number of nitrogens with zero attached hydrogens (tertiary/aromatic N) is 2. The standard InChI is InChI=1S/C21H29N3O3/c1-27-19-11-10-15(13-18(19)25)14-20-23-12-6-5-9-17(23)21(26)24(20)22-16-7-3-2-4-8-16/h2-4,7,10-11,13,16-17,20-22,25-26H,5-6,8-9,12,14H2,1H3. The maximum absolute atomic E-state index is 11.0. The Morgan fingerprint density at radius 1 is 1.26 bits per heavy atom. The molecule has 0 radical (unpaired) electrons. The van der Waals surface area contributed by atoms with Crippen LogP contribution in [0.3, 0.4) is 0 Å². The van der Waals surface area contributed by atoms with Crippen molar-refractivity contribution in [3.8, 4) is 11.5 Å². The summed E-state index contributed by atoms with van der Waals surface area (Å²) >= 11 is 0. The zero-order valence-electron chi connectivity index (χ0n) is 15.8. The van der Waals surface area contributed by atoms with Gasteiger partial charge in [-0.05, 0) is 37.0 Å². The van der Waals surface area contributed by atoms with Crippen molar-refractivity contribution in [2.24, 2.45) is 0 Å². The first-order valence-electron chi connectivity index (χ1n) is 9.85. The van der Waals surface area contributed by atoms with Crippen molar-refractivity contribution in [2.45, 2.75) is 56.6 Å². The maximum Gasteiger partial charge on any atom is 0.160 e. The van der Waals surface area contributed by atoms with Gasteiger partial charge in [0.25, 0.3) is 0 Å². The van der Waals surface area contributed by atoms with Crippen molar-refractivity contribution in [3.05, 3.63) is 48.1 Å². The van der Waals surface area contributed by atoms with Gasteiger partial charge in [0.2, 0.25) is 0 Å². The molecule has 0 spiro atoms. The largest absolute Gasteiger partial charge is 0.504 e. The Bertz CT molecular complexity index is 721. The summed E-state index contributed by atoms with van der Waals surface area (Å²) in [6.07, 6.45) is 12.9. The minimum Gasteiger partial charge on any atom is -0.504 e. The van der Waals surface area contributed by atoms with E-state index in [-0.39, 0.29) is 24.0 Å². The Hall–Kier alpha value is -1.86. The summed E-state index contributed by atoms with van der Waals surface area (Å²) in [4.78, 5) is 2.42. The number of aliphatic hydroxyl groups excluding tert-OH is 1. The molecule has 0 bridgehead atoms. The molecule has 0 saturated carbocycles. The lowest BCUT2D eigenvalue weighted by Gasteiger charge is -2.35. The number of piperidine rings is 1. The number of benzene rings is 1. The maximum atomic E-state index is 11.0. The molecule has 0 amide bonds. The van der Waals surface area contributed by atoms with Crippen LogP contribution in [0.25, 0.3) is 0 Å². The Kier molecular flexibility index (Phi) is 5.50. The fourth-order valence-corrected chi connectivity index (χ4v) is 4.51. The van der Waals surface area contributed by atoms with E-state index in [9.17, 15) is 10.2 Å². The highest BCUT2D eigenvalue weighted by Crippen LogP contribution is 2.34. The Labute approximate surface area is 160 Å². The molecule has 2 saturated heterocycles. The number of hydrogen-bond donors (Lipinski definition) is 3. The van der Waals surface area contributed by atoms with Gasteiger partial charge in [-0.2, -0.15) is 5.01 Å². The van der Waals surface area contributed by atoms with Crippen LogP contribution in [0.15, 0.2) is 42.5 Å². The van der Waals surface area contributed by atoms with Crippen LogP contribution < -0.4 is 10.2 Å². The lowest BCUT2D eigenvalue weighted by molar-refractivity contribution is -0.0359. The van der Waals surface area contributed by atoms with Crippen molar-refractivity contribution < 1.29 is 14.9 Å². The van der Waals surface area contributed by atoms with E-state index in [1.165, 1.54) is 0 Å². The zero-order valence-corrected chi connectivity index (χ0v) is 15.8. The number of hydrazine groups is 1. The van der Waals surface area contributed by atoms with Gasteiger partial charge >= 0.3 is 0 Å².